The van der Waals surface area contributed by atoms with Crippen molar-refractivity contribution in [1.29, 1.82) is 0 Å². The Balaban J connectivity index is 1.78. The second-order valence-electron chi connectivity index (χ2n) is 6.76. The summed E-state index contributed by atoms with van der Waals surface area (Å²) < 4.78 is 1.81. The van der Waals surface area contributed by atoms with Crippen LogP contribution in [0.2, 0.25) is 5.02 Å². The molecule has 5 nitrogen and oxygen atoms in total. The van der Waals surface area contributed by atoms with E-state index in [4.69, 9.17) is 11.6 Å². The fourth-order valence-electron chi connectivity index (χ4n) is 3.34. The Hall–Kier alpha value is -2.63. The van der Waals surface area contributed by atoms with E-state index < -0.39 is 0 Å². The predicted molar refractivity (Wildman–Crippen MR) is 107 cm³/mol. The van der Waals surface area contributed by atoms with Gasteiger partial charge in [-0.2, -0.15) is 5.10 Å². The maximum atomic E-state index is 13.2. The Kier molecular flexibility index (Phi) is 4.97. The molecule has 0 aliphatic carbocycles. The van der Waals surface area contributed by atoms with Gasteiger partial charge in [-0.3, -0.25) is 4.79 Å². The van der Waals surface area contributed by atoms with E-state index in [1.807, 2.05) is 64.2 Å². The molecular formula is C21H21ClN4O. The van der Waals surface area contributed by atoms with E-state index >= 15 is 0 Å². The summed E-state index contributed by atoms with van der Waals surface area (Å²) in [7, 11) is 2.08. The molecule has 0 atom stereocenters. The Labute approximate surface area is 163 Å². The summed E-state index contributed by atoms with van der Waals surface area (Å²) in [6.45, 7) is 3.24. The van der Waals surface area contributed by atoms with Crippen molar-refractivity contribution in [1.82, 2.24) is 19.6 Å². The van der Waals surface area contributed by atoms with E-state index in [9.17, 15) is 4.79 Å². The van der Waals surface area contributed by atoms with Crippen molar-refractivity contribution in [2.24, 2.45) is 0 Å². The number of likely N-dealkylation sites (N-methyl/N-ethyl adjacent to an activating group) is 1. The Morgan fingerprint density at radius 3 is 2.30 bits per heavy atom. The number of hydrogen-bond acceptors (Lipinski definition) is 3. The van der Waals surface area contributed by atoms with Gasteiger partial charge in [0.25, 0.3) is 5.91 Å². The van der Waals surface area contributed by atoms with E-state index in [1.54, 1.807) is 6.20 Å². The van der Waals surface area contributed by atoms with E-state index in [1.165, 1.54) is 0 Å². The van der Waals surface area contributed by atoms with Crippen molar-refractivity contribution in [3.05, 3.63) is 71.4 Å². The van der Waals surface area contributed by atoms with Crippen LogP contribution >= 0.6 is 11.6 Å². The fraction of sp³-hybridized carbons (Fsp3) is 0.238. The van der Waals surface area contributed by atoms with Crippen LogP contribution in [0.4, 0.5) is 0 Å². The minimum atomic E-state index is 0.0298. The topological polar surface area (TPSA) is 41.4 Å². The highest BCUT2D eigenvalue weighted by Gasteiger charge is 2.26. The quantitative estimate of drug-likeness (QED) is 0.697. The highest BCUT2D eigenvalue weighted by molar-refractivity contribution is 6.30. The molecule has 1 aromatic heterocycles. The lowest BCUT2D eigenvalue weighted by Crippen LogP contribution is -2.47. The van der Waals surface area contributed by atoms with Crippen molar-refractivity contribution < 1.29 is 4.79 Å². The van der Waals surface area contributed by atoms with Crippen molar-refractivity contribution in [2.75, 3.05) is 33.2 Å². The highest BCUT2D eigenvalue weighted by atomic mass is 35.5. The van der Waals surface area contributed by atoms with E-state index in [0.29, 0.717) is 10.6 Å². The van der Waals surface area contributed by atoms with Gasteiger partial charge in [-0.15, -0.1) is 0 Å². The lowest BCUT2D eigenvalue weighted by molar-refractivity contribution is 0.0665. The second-order valence-corrected chi connectivity index (χ2v) is 7.19. The Morgan fingerprint density at radius 2 is 1.63 bits per heavy atom. The van der Waals surface area contributed by atoms with Crippen molar-refractivity contribution in [2.45, 2.75) is 0 Å². The number of rotatable bonds is 3. The molecule has 1 aliphatic heterocycles. The first-order chi connectivity index (χ1) is 13.1. The van der Waals surface area contributed by atoms with Crippen LogP contribution in [0, 0.1) is 0 Å². The van der Waals surface area contributed by atoms with Crippen LogP contribution in [0.1, 0.15) is 10.4 Å². The molecule has 138 valence electrons. The molecule has 0 unspecified atom stereocenters. The molecule has 2 heterocycles. The minimum absolute atomic E-state index is 0.0298. The van der Waals surface area contributed by atoms with Gasteiger partial charge in [0, 0.05) is 36.8 Å². The maximum absolute atomic E-state index is 13.2. The molecule has 6 heteroatoms. The summed E-state index contributed by atoms with van der Waals surface area (Å²) in [6, 6.07) is 17.4. The average molecular weight is 381 g/mol. The largest absolute Gasteiger partial charge is 0.336 e. The zero-order valence-corrected chi connectivity index (χ0v) is 15.9. The first-order valence-electron chi connectivity index (χ1n) is 9.00. The zero-order valence-electron chi connectivity index (χ0n) is 15.2. The lowest BCUT2D eigenvalue weighted by atomic mass is 10.1. The van der Waals surface area contributed by atoms with Gasteiger partial charge in [0.15, 0.2) is 0 Å². The van der Waals surface area contributed by atoms with Gasteiger partial charge in [-0.1, -0.05) is 41.9 Å². The molecule has 4 rings (SSSR count). The van der Waals surface area contributed by atoms with Gasteiger partial charge < -0.3 is 9.80 Å². The highest BCUT2D eigenvalue weighted by Crippen LogP contribution is 2.28. The van der Waals surface area contributed by atoms with Crippen LogP contribution in [0.3, 0.4) is 0 Å². The van der Waals surface area contributed by atoms with E-state index in [0.717, 1.165) is 43.1 Å². The van der Waals surface area contributed by atoms with Gasteiger partial charge in [0.05, 0.1) is 23.1 Å². The number of amides is 1. The van der Waals surface area contributed by atoms with Crippen molar-refractivity contribution in [3.8, 4) is 16.9 Å². The molecule has 1 aliphatic rings. The summed E-state index contributed by atoms with van der Waals surface area (Å²) in [5.41, 5.74) is 3.26. The standard InChI is InChI=1S/C21H21ClN4O/c1-24-11-13-25(14-12-24)21(27)19-15-23-26(18-9-7-17(22)8-10-18)20(19)16-5-3-2-4-6-16/h2-10,15H,11-14H2,1H3. The number of halogens is 1. The van der Waals surface area contributed by atoms with Gasteiger partial charge in [-0.25, -0.2) is 4.68 Å². The van der Waals surface area contributed by atoms with Crippen LogP contribution in [0.15, 0.2) is 60.8 Å². The molecule has 2 aromatic carbocycles. The number of carbonyl (C=O) groups excluding carboxylic acids is 1. The molecule has 1 fully saturated rings. The minimum Gasteiger partial charge on any atom is -0.336 e. The summed E-state index contributed by atoms with van der Waals surface area (Å²) in [4.78, 5) is 17.4. The molecule has 3 aromatic rings. The van der Waals surface area contributed by atoms with Gasteiger partial charge in [-0.05, 0) is 31.3 Å². The molecule has 0 spiro atoms. The summed E-state index contributed by atoms with van der Waals surface area (Å²) in [5, 5.41) is 5.21. The summed E-state index contributed by atoms with van der Waals surface area (Å²) in [6.07, 6.45) is 1.68. The third-order valence-electron chi connectivity index (χ3n) is 4.91. The number of aromatic nitrogens is 2. The van der Waals surface area contributed by atoms with Crippen molar-refractivity contribution >= 4 is 17.5 Å². The number of carbonyl (C=O) groups is 1. The zero-order chi connectivity index (χ0) is 18.8. The number of benzene rings is 2. The Bertz CT molecular complexity index is 929. The molecule has 1 saturated heterocycles. The van der Waals surface area contributed by atoms with Crippen LogP contribution in [-0.4, -0.2) is 58.7 Å². The first-order valence-corrected chi connectivity index (χ1v) is 9.38. The Morgan fingerprint density at radius 1 is 0.963 bits per heavy atom. The van der Waals surface area contributed by atoms with Gasteiger partial charge in [0.2, 0.25) is 0 Å². The van der Waals surface area contributed by atoms with Crippen molar-refractivity contribution in [3.63, 3.8) is 0 Å². The SMILES string of the molecule is CN1CCN(C(=O)c2cnn(-c3ccc(Cl)cc3)c2-c2ccccc2)CC1. The maximum Gasteiger partial charge on any atom is 0.257 e. The molecular weight excluding hydrogens is 360 g/mol. The lowest BCUT2D eigenvalue weighted by Gasteiger charge is -2.32. The third-order valence-corrected chi connectivity index (χ3v) is 5.16. The summed E-state index contributed by atoms with van der Waals surface area (Å²) >= 11 is 6.03. The first kappa shape index (κ1) is 17.8. The molecule has 0 saturated carbocycles. The van der Waals surface area contributed by atoms with Crippen LogP contribution < -0.4 is 0 Å². The molecule has 1 amide bonds. The van der Waals surface area contributed by atoms with E-state index in [-0.39, 0.29) is 5.91 Å². The smallest absolute Gasteiger partial charge is 0.257 e. The monoisotopic (exact) mass is 380 g/mol. The second kappa shape index (κ2) is 7.55. The molecule has 0 bridgehead atoms. The number of hydrogen-bond donors (Lipinski definition) is 0. The van der Waals surface area contributed by atoms with Gasteiger partial charge in [0.1, 0.15) is 0 Å². The normalized spacial score (nSPS) is 15.1. The van der Waals surface area contributed by atoms with Crippen LogP contribution in [-0.2, 0) is 0 Å². The van der Waals surface area contributed by atoms with Gasteiger partial charge >= 0.3 is 0 Å². The van der Waals surface area contributed by atoms with E-state index in [2.05, 4.69) is 17.0 Å². The molecule has 27 heavy (non-hydrogen) atoms. The molecule has 0 N–H and O–H groups in total. The summed E-state index contributed by atoms with van der Waals surface area (Å²) in [5.74, 6) is 0.0298. The van der Waals surface area contributed by atoms with Crippen LogP contribution in [0.5, 0.6) is 0 Å². The number of piperazine rings is 1. The predicted octanol–water partition coefficient (Wildman–Crippen LogP) is 3.58. The fourth-order valence-corrected chi connectivity index (χ4v) is 3.46. The molecule has 0 radical (unpaired) electrons. The third kappa shape index (κ3) is 3.61. The van der Waals surface area contributed by atoms with Crippen LogP contribution in [0.25, 0.3) is 16.9 Å². The number of nitrogens with zero attached hydrogens (tertiary/aromatic N) is 4. The average Bonchev–Trinajstić information content (AvgIpc) is 3.14.